The summed E-state index contributed by atoms with van der Waals surface area (Å²) in [6.07, 6.45) is 1.35. The Morgan fingerprint density at radius 3 is 2.31 bits per heavy atom. The third kappa shape index (κ3) is 5.02. The number of urea groups is 1. The average molecular weight is 510 g/mol. The number of carbonyl (C=O) groups excluding carboxylic acids is 2. The van der Waals surface area contributed by atoms with E-state index in [0.29, 0.717) is 12.2 Å². The molecule has 9 heteroatoms. The maximum atomic E-state index is 12.7. The van der Waals surface area contributed by atoms with Crippen molar-refractivity contribution in [1.82, 2.24) is 5.32 Å². The maximum Gasteiger partial charge on any atom is 0.328 e. The third-order valence-electron chi connectivity index (χ3n) is 6.30. The molecule has 0 saturated carbocycles. The van der Waals surface area contributed by atoms with Crippen LogP contribution in [0.4, 0.5) is 16.2 Å². The van der Waals surface area contributed by atoms with E-state index < -0.39 is 16.1 Å². The molecule has 4 rings (SSSR count). The van der Waals surface area contributed by atoms with E-state index in [4.69, 9.17) is 4.74 Å². The molecule has 1 heterocycles. The van der Waals surface area contributed by atoms with Crippen molar-refractivity contribution in [3.8, 4) is 16.9 Å². The predicted molar refractivity (Wildman–Crippen MR) is 143 cm³/mol. The van der Waals surface area contributed by atoms with Crippen LogP contribution in [0.5, 0.6) is 5.75 Å². The van der Waals surface area contributed by atoms with Crippen LogP contribution in [0.15, 0.2) is 42.5 Å². The zero-order valence-electron chi connectivity index (χ0n) is 21.4. The summed E-state index contributed by atoms with van der Waals surface area (Å²) in [4.78, 5) is 26.1. The van der Waals surface area contributed by atoms with E-state index >= 15 is 0 Å². The summed E-state index contributed by atoms with van der Waals surface area (Å²) < 4.78 is 31.7. The van der Waals surface area contributed by atoms with Crippen LogP contribution in [-0.2, 0) is 20.2 Å². The summed E-state index contributed by atoms with van der Waals surface area (Å²) in [7, 11) is -1.74. The van der Waals surface area contributed by atoms with Gasteiger partial charge < -0.3 is 4.74 Å². The van der Waals surface area contributed by atoms with Crippen molar-refractivity contribution in [2.45, 2.75) is 39.5 Å². The minimum Gasteiger partial charge on any atom is -0.496 e. The number of anilines is 2. The van der Waals surface area contributed by atoms with Crippen molar-refractivity contribution < 1.29 is 22.7 Å². The van der Waals surface area contributed by atoms with Crippen molar-refractivity contribution in [3.63, 3.8) is 0 Å². The van der Waals surface area contributed by atoms with Crippen LogP contribution < -0.4 is 19.7 Å². The van der Waals surface area contributed by atoms with Crippen LogP contribution in [0.25, 0.3) is 21.9 Å². The first-order chi connectivity index (χ1) is 16.8. The number of carbonyl (C=O) groups is 2. The lowest BCUT2D eigenvalue weighted by Gasteiger charge is -2.32. The van der Waals surface area contributed by atoms with Gasteiger partial charge in [-0.2, -0.15) is 0 Å². The van der Waals surface area contributed by atoms with Gasteiger partial charge in [-0.15, -0.1) is 0 Å². The number of nitrogens with one attached hydrogen (secondary N) is 2. The molecule has 3 aromatic carbocycles. The molecule has 1 aliphatic heterocycles. The number of amides is 3. The molecule has 1 fully saturated rings. The molecule has 1 aliphatic rings. The van der Waals surface area contributed by atoms with Gasteiger partial charge in [-0.1, -0.05) is 39.0 Å². The Morgan fingerprint density at radius 2 is 1.69 bits per heavy atom. The van der Waals surface area contributed by atoms with Gasteiger partial charge in [-0.3, -0.25) is 19.7 Å². The zero-order valence-corrected chi connectivity index (χ0v) is 22.2. The summed E-state index contributed by atoms with van der Waals surface area (Å²) in [6.45, 7) is 8.51. The number of benzene rings is 3. The van der Waals surface area contributed by atoms with E-state index in [9.17, 15) is 18.0 Å². The molecule has 36 heavy (non-hydrogen) atoms. The topological polar surface area (TPSA) is 105 Å². The van der Waals surface area contributed by atoms with Crippen LogP contribution in [0, 0.1) is 6.92 Å². The Kier molecular flexibility index (Phi) is 6.47. The number of fused-ring (bicyclic) bond motifs is 1. The summed E-state index contributed by atoms with van der Waals surface area (Å²) in [5, 5.41) is 4.22. The van der Waals surface area contributed by atoms with Gasteiger partial charge in [0.15, 0.2) is 0 Å². The molecule has 0 spiro atoms. The van der Waals surface area contributed by atoms with Gasteiger partial charge in [-0.05, 0) is 58.5 Å². The molecule has 0 atom stereocenters. The van der Waals surface area contributed by atoms with Crippen molar-refractivity contribution in [1.29, 1.82) is 0 Å². The fourth-order valence-electron chi connectivity index (χ4n) is 4.61. The Balaban J connectivity index is 1.92. The molecule has 3 aromatic rings. The smallest absolute Gasteiger partial charge is 0.328 e. The zero-order chi connectivity index (χ0) is 26.4. The van der Waals surface area contributed by atoms with Crippen LogP contribution in [-0.4, -0.2) is 40.3 Å². The molecule has 0 bridgehead atoms. The third-order valence-corrected chi connectivity index (χ3v) is 6.91. The molecule has 1 saturated heterocycles. The van der Waals surface area contributed by atoms with Crippen molar-refractivity contribution in [3.05, 3.63) is 53.6 Å². The van der Waals surface area contributed by atoms with E-state index in [1.54, 1.807) is 24.1 Å². The number of imide groups is 1. The van der Waals surface area contributed by atoms with Crippen LogP contribution >= 0.6 is 0 Å². The Labute approximate surface area is 211 Å². The molecule has 2 N–H and O–H groups in total. The minimum absolute atomic E-state index is 0.233. The van der Waals surface area contributed by atoms with Gasteiger partial charge in [-0.25, -0.2) is 13.2 Å². The molecule has 0 unspecified atom stereocenters. The first-order valence-corrected chi connectivity index (χ1v) is 13.5. The van der Waals surface area contributed by atoms with Crippen LogP contribution in [0.3, 0.4) is 0 Å². The van der Waals surface area contributed by atoms with Gasteiger partial charge in [0.05, 0.1) is 13.4 Å². The Hall–Kier alpha value is -3.59. The van der Waals surface area contributed by atoms with Crippen LogP contribution in [0.1, 0.15) is 38.3 Å². The SMILES string of the molecule is COc1c(C(C)(C)C)cc(N2CCC(=O)NC2=O)c(C)c1-c1ccc2cc(NS(C)(=O)=O)ccc2c1. The van der Waals surface area contributed by atoms with Crippen molar-refractivity contribution in [2.75, 3.05) is 29.5 Å². The second-order valence-electron chi connectivity index (χ2n) is 10.1. The van der Waals surface area contributed by atoms with E-state index in [2.05, 4.69) is 30.8 Å². The van der Waals surface area contributed by atoms with Crippen molar-refractivity contribution in [2.24, 2.45) is 0 Å². The number of sulfonamides is 1. The summed E-state index contributed by atoms with van der Waals surface area (Å²) in [5.41, 5.74) is 4.51. The Bertz CT molecular complexity index is 1490. The standard InChI is InChI=1S/C27H31N3O5S/c1-16-22(30-12-11-23(31)28-26(30)32)15-21(27(2,3)4)25(35-5)24(16)19-8-7-18-14-20(29-36(6,33)34)10-9-17(18)13-19/h7-10,13-15,29H,11-12H2,1-6H3,(H,28,31,32). The van der Waals surface area contributed by atoms with Gasteiger partial charge in [0.1, 0.15) is 5.75 Å². The molecular formula is C27H31N3O5S. The highest BCUT2D eigenvalue weighted by atomic mass is 32.2. The highest BCUT2D eigenvalue weighted by Crippen LogP contribution is 2.46. The summed E-state index contributed by atoms with van der Waals surface area (Å²) in [6, 6.07) is 12.9. The fourth-order valence-corrected chi connectivity index (χ4v) is 5.17. The number of hydrogen-bond acceptors (Lipinski definition) is 5. The van der Waals surface area contributed by atoms with E-state index in [-0.39, 0.29) is 17.7 Å². The monoisotopic (exact) mass is 509 g/mol. The number of rotatable bonds is 5. The minimum atomic E-state index is -3.38. The number of methoxy groups -OCH3 is 1. The van der Waals surface area contributed by atoms with Gasteiger partial charge >= 0.3 is 6.03 Å². The first kappa shape index (κ1) is 25.5. The number of hydrogen-bond donors (Lipinski definition) is 2. The summed E-state index contributed by atoms with van der Waals surface area (Å²) >= 11 is 0. The Morgan fingerprint density at radius 1 is 1.03 bits per heavy atom. The second kappa shape index (κ2) is 9.13. The fraction of sp³-hybridized carbons (Fsp3) is 0.333. The molecule has 190 valence electrons. The molecule has 3 amide bonds. The lowest BCUT2D eigenvalue weighted by Crippen LogP contribution is -2.50. The second-order valence-corrected chi connectivity index (χ2v) is 11.9. The lowest BCUT2D eigenvalue weighted by atomic mass is 9.81. The summed E-state index contributed by atoms with van der Waals surface area (Å²) in [5.74, 6) is 0.449. The largest absolute Gasteiger partial charge is 0.496 e. The average Bonchev–Trinajstić information content (AvgIpc) is 2.77. The molecular weight excluding hydrogens is 478 g/mol. The molecule has 0 aromatic heterocycles. The van der Waals surface area contributed by atoms with Gasteiger partial charge in [0.25, 0.3) is 0 Å². The van der Waals surface area contributed by atoms with Gasteiger partial charge in [0, 0.05) is 35.5 Å². The molecule has 0 aliphatic carbocycles. The van der Waals surface area contributed by atoms with Gasteiger partial charge in [0.2, 0.25) is 15.9 Å². The van der Waals surface area contributed by atoms with E-state index in [1.807, 2.05) is 37.3 Å². The molecule has 8 nitrogen and oxygen atoms in total. The normalized spacial score (nSPS) is 14.7. The first-order valence-electron chi connectivity index (χ1n) is 11.6. The highest BCUT2D eigenvalue weighted by molar-refractivity contribution is 7.92. The highest BCUT2D eigenvalue weighted by Gasteiger charge is 2.31. The predicted octanol–water partition coefficient (Wildman–Crippen LogP) is 4.94. The quantitative estimate of drug-likeness (QED) is 0.507. The van der Waals surface area contributed by atoms with E-state index in [0.717, 1.165) is 50.7 Å². The number of nitrogens with zero attached hydrogens (tertiary/aromatic N) is 1. The maximum absolute atomic E-state index is 12.7. The molecule has 0 radical (unpaired) electrons. The number of ether oxygens (including phenoxy) is 1. The van der Waals surface area contributed by atoms with Crippen LogP contribution in [0.2, 0.25) is 0 Å². The van der Waals surface area contributed by atoms with E-state index in [1.165, 1.54) is 0 Å². The lowest BCUT2D eigenvalue weighted by molar-refractivity contribution is -0.120. The van der Waals surface area contributed by atoms with Crippen molar-refractivity contribution >= 4 is 44.1 Å².